The van der Waals surface area contributed by atoms with Gasteiger partial charge in [0.15, 0.2) is 0 Å². The van der Waals surface area contributed by atoms with Crippen molar-refractivity contribution < 1.29 is 18.1 Å². The second-order valence-electron chi connectivity index (χ2n) is 13.4. The van der Waals surface area contributed by atoms with Crippen LogP contribution in [-0.4, -0.2) is 12.7 Å². The molecule has 36 heavy (non-hydrogen) atoms. The maximum Gasteiger partial charge on any atom is 0.529 e. The normalized spacial score (nSPS) is 40.4. The molecule has 206 valence electrons. The molecular weight excluding hydrogens is 467 g/mol. The number of hydrogen-bond donors (Lipinski definition) is 0. The molecule has 0 saturated heterocycles. The molecule has 3 fully saturated rings. The van der Waals surface area contributed by atoms with Gasteiger partial charge in [0, 0.05) is 0 Å². The molecule has 0 amide bonds. The SMILES string of the molecule is C=COP(=O)(OCC)O[C@H]1CC[C@@]2(C)C(=CC[C@H]3[C@@H]4CC[C@H]([C@H](C)CCCC(C)C)[C@@]4(C)CC[C@@H]32)C1. The van der Waals surface area contributed by atoms with Crippen molar-refractivity contribution in [2.24, 2.45) is 46.3 Å². The van der Waals surface area contributed by atoms with Gasteiger partial charge in [-0.15, -0.1) is 0 Å². The van der Waals surface area contributed by atoms with Gasteiger partial charge in [0.2, 0.25) is 0 Å². The maximum atomic E-state index is 12.9. The van der Waals surface area contributed by atoms with Gasteiger partial charge in [0.05, 0.1) is 19.0 Å². The van der Waals surface area contributed by atoms with Gasteiger partial charge in [0.1, 0.15) is 0 Å². The summed E-state index contributed by atoms with van der Waals surface area (Å²) in [6, 6.07) is 0. The van der Waals surface area contributed by atoms with E-state index in [1.807, 2.05) is 0 Å². The van der Waals surface area contributed by atoms with Crippen LogP contribution in [0.4, 0.5) is 0 Å². The highest BCUT2D eigenvalue weighted by atomic mass is 31.2. The van der Waals surface area contributed by atoms with Gasteiger partial charge in [-0.05, 0) is 105 Å². The van der Waals surface area contributed by atoms with Crippen LogP contribution in [0.15, 0.2) is 24.5 Å². The summed E-state index contributed by atoms with van der Waals surface area (Å²) < 4.78 is 29.5. The fourth-order valence-electron chi connectivity index (χ4n) is 9.26. The van der Waals surface area contributed by atoms with E-state index < -0.39 is 7.82 Å². The Balaban J connectivity index is 1.44. The molecule has 4 aliphatic carbocycles. The zero-order valence-electron chi connectivity index (χ0n) is 24.0. The van der Waals surface area contributed by atoms with E-state index >= 15 is 0 Å². The smallest absolute Gasteiger partial charge is 0.413 e. The van der Waals surface area contributed by atoms with Gasteiger partial charge in [-0.3, -0.25) is 9.05 Å². The molecule has 4 nitrogen and oxygen atoms in total. The molecule has 0 heterocycles. The molecule has 1 unspecified atom stereocenters. The number of fused-ring (bicyclic) bond motifs is 5. The van der Waals surface area contributed by atoms with E-state index in [0.717, 1.165) is 54.8 Å². The number of phosphoric acid groups is 1. The molecule has 0 aliphatic heterocycles. The van der Waals surface area contributed by atoms with Gasteiger partial charge in [-0.25, -0.2) is 4.57 Å². The standard InChI is InChI=1S/C31H53O4P/c1-8-33-36(32,34-9-2)35-25-17-19-30(6)24(21-25)13-14-26-28-16-15-27(23(5)12-10-11-22(3)4)31(28,7)20-18-29(26)30/h8,13,22-23,25-29H,1,9-12,14-21H2,2-7H3/t23-,25+,26+,27-,28+,29+,30+,31-,36?/m1/s1. The van der Waals surface area contributed by atoms with E-state index in [4.69, 9.17) is 13.6 Å². The van der Waals surface area contributed by atoms with Gasteiger partial charge in [0.25, 0.3) is 0 Å². The lowest BCUT2D eigenvalue weighted by molar-refractivity contribution is -0.0574. The van der Waals surface area contributed by atoms with E-state index in [2.05, 4.69) is 47.3 Å². The van der Waals surface area contributed by atoms with Crippen molar-refractivity contribution in [3.8, 4) is 0 Å². The quantitative estimate of drug-likeness (QED) is 0.154. The van der Waals surface area contributed by atoms with Gasteiger partial charge < -0.3 is 4.52 Å². The minimum atomic E-state index is -3.59. The molecule has 0 radical (unpaired) electrons. The van der Waals surface area contributed by atoms with Crippen molar-refractivity contribution in [2.45, 2.75) is 118 Å². The fourth-order valence-corrected chi connectivity index (χ4v) is 10.5. The second kappa shape index (κ2) is 11.3. The first-order chi connectivity index (χ1) is 17.1. The number of rotatable bonds is 11. The molecular formula is C31H53O4P. The third-order valence-electron chi connectivity index (χ3n) is 11.0. The molecule has 4 rings (SSSR count). The Labute approximate surface area is 221 Å². The van der Waals surface area contributed by atoms with Gasteiger partial charge in [-0.1, -0.05) is 72.1 Å². The fraction of sp³-hybridized carbons (Fsp3) is 0.871. The van der Waals surface area contributed by atoms with Crippen molar-refractivity contribution in [1.82, 2.24) is 0 Å². The summed E-state index contributed by atoms with van der Waals surface area (Å²) in [4.78, 5) is 0. The predicted octanol–water partition coefficient (Wildman–Crippen LogP) is 9.72. The average Bonchev–Trinajstić information content (AvgIpc) is 3.16. The summed E-state index contributed by atoms with van der Waals surface area (Å²) in [6.45, 7) is 18.1. The van der Waals surface area contributed by atoms with E-state index in [1.165, 1.54) is 63.2 Å². The molecule has 0 aromatic carbocycles. The van der Waals surface area contributed by atoms with Crippen LogP contribution in [0.2, 0.25) is 0 Å². The lowest BCUT2D eigenvalue weighted by atomic mass is 9.47. The second-order valence-corrected chi connectivity index (χ2v) is 15.0. The van der Waals surface area contributed by atoms with E-state index in [9.17, 15) is 4.57 Å². The van der Waals surface area contributed by atoms with E-state index in [0.29, 0.717) is 12.0 Å². The molecule has 4 aliphatic rings. The minimum absolute atomic E-state index is 0.116. The predicted molar refractivity (Wildman–Crippen MR) is 148 cm³/mol. The number of allylic oxidation sites excluding steroid dienone is 1. The molecule has 0 aromatic heterocycles. The minimum Gasteiger partial charge on any atom is -0.413 e. The van der Waals surface area contributed by atoms with Crippen LogP contribution in [0.3, 0.4) is 0 Å². The van der Waals surface area contributed by atoms with E-state index in [1.54, 1.807) is 6.92 Å². The monoisotopic (exact) mass is 520 g/mol. The van der Waals surface area contributed by atoms with Crippen LogP contribution < -0.4 is 0 Å². The summed E-state index contributed by atoms with van der Waals surface area (Å²) in [7, 11) is -3.59. The Hall–Kier alpha value is -0.570. The molecule has 5 heteroatoms. The van der Waals surface area contributed by atoms with Crippen LogP contribution in [-0.2, 0) is 18.1 Å². The Morgan fingerprint density at radius 1 is 1.11 bits per heavy atom. The molecule has 3 saturated carbocycles. The molecule has 0 aromatic rings. The van der Waals surface area contributed by atoms with Crippen LogP contribution in [0.1, 0.15) is 112 Å². The van der Waals surface area contributed by atoms with Crippen LogP contribution in [0, 0.1) is 46.3 Å². The Morgan fingerprint density at radius 3 is 2.58 bits per heavy atom. The average molecular weight is 521 g/mol. The Morgan fingerprint density at radius 2 is 1.89 bits per heavy atom. The van der Waals surface area contributed by atoms with Gasteiger partial charge in [-0.2, -0.15) is 0 Å². The first kappa shape index (κ1) is 28.4. The maximum absolute atomic E-state index is 12.9. The van der Waals surface area contributed by atoms with Gasteiger partial charge >= 0.3 is 7.82 Å². The summed E-state index contributed by atoms with van der Waals surface area (Å²) in [5.41, 5.74) is 2.30. The third-order valence-corrected chi connectivity index (χ3v) is 12.6. The van der Waals surface area contributed by atoms with E-state index in [-0.39, 0.29) is 11.5 Å². The largest absolute Gasteiger partial charge is 0.529 e. The van der Waals surface area contributed by atoms with Crippen molar-refractivity contribution in [3.63, 3.8) is 0 Å². The number of phosphoric ester groups is 1. The van der Waals surface area contributed by atoms with Crippen molar-refractivity contribution in [3.05, 3.63) is 24.5 Å². The van der Waals surface area contributed by atoms with Crippen molar-refractivity contribution >= 4 is 7.82 Å². The highest BCUT2D eigenvalue weighted by Crippen LogP contribution is 2.68. The third kappa shape index (κ3) is 5.43. The summed E-state index contributed by atoms with van der Waals surface area (Å²) in [5.74, 6) is 5.04. The molecule has 0 bridgehead atoms. The first-order valence-electron chi connectivity index (χ1n) is 15.0. The lowest BCUT2D eigenvalue weighted by Crippen LogP contribution is -2.51. The van der Waals surface area contributed by atoms with Crippen molar-refractivity contribution in [2.75, 3.05) is 6.61 Å². The summed E-state index contributed by atoms with van der Waals surface area (Å²) >= 11 is 0. The zero-order chi connectivity index (χ0) is 26.1. The molecule has 0 N–H and O–H groups in total. The van der Waals surface area contributed by atoms with Crippen LogP contribution in [0.5, 0.6) is 0 Å². The highest BCUT2D eigenvalue weighted by Gasteiger charge is 2.59. The topological polar surface area (TPSA) is 44.8 Å². The van der Waals surface area contributed by atoms with Crippen LogP contribution >= 0.6 is 7.82 Å². The van der Waals surface area contributed by atoms with Crippen molar-refractivity contribution in [1.29, 1.82) is 0 Å². The first-order valence-corrected chi connectivity index (χ1v) is 16.4. The Bertz CT molecular complexity index is 852. The molecule has 0 spiro atoms. The highest BCUT2D eigenvalue weighted by molar-refractivity contribution is 7.48. The number of hydrogen-bond acceptors (Lipinski definition) is 4. The zero-order valence-corrected chi connectivity index (χ0v) is 24.9. The molecule has 9 atom stereocenters. The lowest BCUT2D eigenvalue weighted by Gasteiger charge is -2.58. The Kier molecular flexibility index (Phi) is 8.90. The van der Waals surface area contributed by atoms with Crippen LogP contribution in [0.25, 0.3) is 0 Å². The summed E-state index contributed by atoms with van der Waals surface area (Å²) in [6.07, 6.45) is 17.5. The summed E-state index contributed by atoms with van der Waals surface area (Å²) in [5, 5.41) is 0.